The lowest BCUT2D eigenvalue weighted by Gasteiger charge is -2.18. The Morgan fingerprint density at radius 3 is 2.50 bits per heavy atom. The molecule has 0 fully saturated rings. The van der Waals surface area contributed by atoms with E-state index in [2.05, 4.69) is 41.4 Å². The van der Waals surface area contributed by atoms with E-state index in [9.17, 15) is 4.79 Å². The van der Waals surface area contributed by atoms with Gasteiger partial charge in [-0.15, -0.1) is 24.0 Å². The van der Waals surface area contributed by atoms with Crippen LogP contribution in [-0.2, 0) is 23.3 Å². The molecule has 0 aliphatic rings. The fourth-order valence-corrected chi connectivity index (χ4v) is 2.64. The van der Waals surface area contributed by atoms with Crippen LogP contribution in [0.25, 0.3) is 0 Å². The average Bonchev–Trinajstić information content (AvgIpc) is 3.16. The predicted octanol–water partition coefficient (Wildman–Crippen LogP) is 3.69. The molecule has 0 aliphatic heterocycles. The van der Waals surface area contributed by atoms with Crippen molar-refractivity contribution in [3.05, 3.63) is 53.7 Å². The summed E-state index contributed by atoms with van der Waals surface area (Å²) >= 11 is 0. The van der Waals surface area contributed by atoms with Crippen molar-refractivity contribution in [1.29, 1.82) is 0 Å². The molecule has 0 bridgehead atoms. The van der Waals surface area contributed by atoms with Crippen molar-refractivity contribution in [1.82, 2.24) is 20.5 Å². The van der Waals surface area contributed by atoms with Crippen LogP contribution in [0.5, 0.6) is 0 Å². The van der Waals surface area contributed by atoms with Crippen molar-refractivity contribution < 1.29 is 9.21 Å². The third kappa shape index (κ3) is 8.73. The van der Waals surface area contributed by atoms with Gasteiger partial charge in [0.2, 0.25) is 11.8 Å². The van der Waals surface area contributed by atoms with Crippen molar-refractivity contribution in [3.63, 3.8) is 0 Å². The first kappa shape index (κ1) is 25.9. The number of hydrogen-bond acceptors (Lipinski definition) is 4. The number of aliphatic imine (C=N–C) groups is 1. The fourth-order valence-electron chi connectivity index (χ4n) is 2.64. The van der Waals surface area contributed by atoms with Crippen molar-refractivity contribution in [2.45, 2.75) is 52.6 Å². The van der Waals surface area contributed by atoms with Gasteiger partial charge >= 0.3 is 0 Å². The number of benzene rings is 1. The van der Waals surface area contributed by atoms with E-state index in [0.29, 0.717) is 37.9 Å². The molecule has 0 saturated heterocycles. The Hall–Kier alpha value is -2.10. The molecule has 2 N–H and O–H groups in total. The Morgan fingerprint density at radius 2 is 1.90 bits per heavy atom. The highest BCUT2D eigenvalue weighted by Crippen LogP contribution is 2.22. The number of nitrogens with one attached hydrogen (secondary N) is 2. The van der Waals surface area contributed by atoms with Gasteiger partial charge in [0, 0.05) is 38.5 Å². The van der Waals surface area contributed by atoms with E-state index in [0.717, 1.165) is 17.9 Å². The Bertz CT molecular complexity index is 799. The fraction of sp³-hybridized carbons (Fsp3) is 0.500. The SMILES string of the molecule is CCNC(=NCc1ncc(C(C)(C)C)o1)NCCC(=O)N(C)Cc1ccccc1.I. The van der Waals surface area contributed by atoms with Gasteiger partial charge in [-0.1, -0.05) is 51.1 Å². The molecule has 1 heterocycles. The zero-order valence-corrected chi connectivity index (χ0v) is 20.9. The zero-order chi connectivity index (χ0) is 21.3. The van der Waals surface area contributed by atoms with E-state index >= 15 is 0 Å². The average molecular weight is 527 g/mol. The number of carbonyl (C=O) groups excluding carboxylic acids is 1. The number of amides is 1. The first-order valence-corrected chi connectivity index (χ1v) is 10.0. The lowest BCUT2D eigenvalue weighted by atomic mass is 9.94. The van der Waals surface area contributed by atoms with Crippen LogP contribution in [0.3, 0.4) is 0 Å². The minimum absolute atomic E-state index is 0. The van der Waals surface area contributed by atoms with Crippen molar-refractivity contribution in [2.24, 2.45) is 4.99 Å². The minimum Gasteiger partial charge on any atom is -0.443 e. The van der Waals surface area contributed by atoms with Gasteiger partial charge in [-0.2, -0.15) is 0 Å². The van der Waals surface area contributed by atoms with Crippen molar-refractivity contribution in [2.75, 3.05) is 20.1 Å². The number of hydrogen-bond donors (Lipinski definition) is 2. The van der Waals surface area contributed by atoms with E-state index in [4.69, 9.17) is 4.42 Å². The lowest BCUT2D eigenvalue weighted by Crippen LogP contribution is -2.39. The molecule has 0 radical (unpaired) electrons. The molecule has 1 aromatic heterocycles. The number of oxazole rings is 1. The van der Waals surface area contributed by atoms with Crippen molar-refractivity contribution >= 4 is 35.8 Å². The molecule has 166 valence electrons. The topological polar surface area (TPSA) is 82.8 Å². The summed E-state index contributed by atoms with van der Waals surface area (Å²) in [6, 6.07) is 9.97. The van der Waals surface area contributed by atoms with E-state index in [1.807, 2.05) is 44.3 Å². The largest absolute Gasteiger partial charge is 0.443 e. The van der Waals surface area contributed by atoms with E-state index < -0.39 is 0 Å². The first-order chi connectivity index (χ1) is 13.8. The zero-order valence-electron chi connectivity index (χ0n) is 18.6. The van der Waals surface area contributed by atoms with E-state index in [1.54, 1.807) is 11.1 Å². The van der Waals surface area contributed by atoms with Crippen LogP contribution in [0.2, 0.25) is 0 Å². The van der Waals surface area contributed by atoms with Crippen LogP contribution < -0.4 is 10.6 Å². The summed E-state index contributed by atoms with van der Waals surface area (Å²) in [4.78, 5) is 22.9. The summed E-state index contributed by atoms with van der Waals surface area (Å²) < 4.78 is 5.77. The number of nitrogens with zero attached hydrogens (tertiary/aromatic N) is 3. The first-order valence-electron chi connectivity index (χ1n) is 10.0. The molecule has 2 rings (SSSR count). The highest BCUT2D eigenvalue weighted by Gasteiger charge is 2.19. The molecule has 0 aliphatic carbocycles. The maximum atomic E-state index is 12.4. The maximum absolute atomic E-state index is 12.4. The van der Waals surface area contributed by atoms with Crippen LogP contribution >= 0.6 is 24.0 Å². The third-order valence-electron chi connectivity index (χ3n) is 4.33. The molecular formula is C22H34IN5O2. The predicted molar refractivity (Wildman–Crippen MR) is 131 cm³/mol. The van der Waals surface area contributed by atoms with Gasteiger partial charge in [0.25, 0.3) is 0 Å². The number of rotatable bonds is 8. The van der Waals surface area contributed by atoms with Gasteiger partial charge in [0.1, 0.15) is 12.3 Å². The number of halogens is 1. The second-order valence-corrected chi connectivity index (χ2v) is 7.98. The third-order valence-corrected chi connectivity index (χ3v) is 4.33. The summed E-state index contributed by atoms with van der Waals surface area (Å²) in [5.74, 6) is 2.14. The Kier molecular flexibility index (Phi) is 10.9. The second-order valence-electron chi connectivity index (χ2n) is 7.98. The minimum atomic E-state index is -0.0795. The second kappa shape index (κ2) is 12.6. The summed E-state index contributed by atoms with van der Waals surface area (Å²) in [6.45, 7) is 10.4. The Labute approximate surface area is 196 Å². The molecule has 7 nitrogen and oxygen atoms in total. The van der Waals surface area contributed by atoms with Gasteiger partial charge in [-0.05, 0) is 12.5 Å². The molecule has 0 spiro atoms. The summed E-state index contributed by atoms with van der Waals surface area (Å²) in [6.07, 6.45) is 2.15. The highest BCUT2D eigenvalue weighted by molar-refractivity contribution is 14.0. The van der Waals surface area contributed by atoms with Crippen LogP contribution in [-0.4, -0.2) is 41.9 Å². The normalized spacial score (nSPS) is 11.6. The summed E-state index contributed by atoms with van der Waals surface area (Å²) in [7, 11) is 1.82. The lowest BCUT2D eigenvalue weighted by molar-refractivity contribution is -0.130. The monoisotopic (exact) mass is 527 g/mol. The molecule has 0 unspecified atom stereocenters. The molecule has 1 amide bonds. The molecule has 1 aromatic carbocycles. The molecule has 30 heavy (non-hydrogen) atoms. The Morgan fingerprint density at radius 1 is 1.20 bits per heavy atom. The molecular weight excluding hydrogens is 493 g/mol. The van der Waals surface area contributed by atoms with Crippen LogP contribution in [0, 0.1) is 0 Å². The van der Waals surface area contributed by atoms with Crippen LogP contribution in [0.15, 0.2) is 45.9 Å². The number of carbonyl (C=O) groups is 1. The van der Waals surface area contributed by atoms with Gasteiger partial charge in [0.15, 0.2) is 5.96 Å². The molecule has 0 saturated carbocycles. The van der Waals surface area contributed by atoms with E-state index in [1.165, 1.54) is 0 Å². The number of aromatic nitrogens is 1. The molecule has 8 heteroatoms. The summed E-state index contributed by atoms with van der Waals surface area (Å²) in [5, 5.41) is 6.38. The van der Waals surface area contributed by atoms with Gasteiger partial charge in [-0.3, -0.25) is 4.79 Å². The summed E-state index contributed by atoms with van der Waals surface area (Å²) in [5.41, 5.74) is 1.04. The van der Waals surface area contributed by atoms with Crippen molar-refractivity contribution in [3.8, 4) is 0 Å². The van der Waals surface area contributed by atoms with Crippen LogP contribution in [0.1, 0.15) is 51.3 Å². The standard InChI is InChI=1S/C22H33N5O2.HI/c1-6-23-21(26-15-19-25-14-18(29-19)22(2,3)4)24-13-12-20(28)27(5)16-17-10-8-7-9-11-17;/h7-11,14H,6,12-13,15-16H2,1-5H3,(H2,23,24,26);1H. The van der Waals surface area contributed by atoms with Gasteiger partial charge < -0.3 is 20.0 Å². The van der Waals surface area contributed by atoms with Gasteiger partial charge in [0.05, 0.1) is 6.20 Å². The quantitative estimate of drug-likeness (QED) is 0.311. The van der Waals surface area contributed by atoms with Gasteiger partial charge in [-0.25, -0.2) is 9.98 Å². The maximum Gasteiger partial charge on any atom is 0.224 e. The number of guanidine groups is 1. The van der Waals surface area contributed by atoms with Crippen LogP contribution in [0.4, 0.5) is 0 Å². The smallest absolute Gasteiger partial charge is 0.224 e. The highest BCUT2D eigenvalue weighted by atomic mass is 127. The Balaban J connectivity index is 0.00000450. The molecule has 0 atom stereocenters. The molecule has 2 aromatic rings. The van der Waals surface area contributed by atoms with E-state index in [-0.39, 0.29) is 35.3 Å².